The molecule has 4 heterocycles. The van der Waals surface area contributed by atoms with E-state index in [9.17, 15) is 0 Å². The summed E-state index contributed by atoms with van der Waals surface area (Å²) in [7, 11) is 0. The molecule has 21 heavy (non-hydrogen) atoms. The zero-order valence-corrected chi connectivity index (χ0v) is 11.1. The standard InChI is InChI=1S/C15H12N6/c1-2-11-7-17-14-4-3-10(9-20(11)14)12-5-6-21-13(12)8-18-15(16)19-21/h2-9H,1H2,(H2,16,19). The van der Waals surface area contributed by atoms with E-state index in [4.69, 9.17) is 5.73 Å². The summed E-state index contributed by atoms with van der Waals surface area (Å²) in [5.41, 5.74) is 10.4. The number of nitrogen functional groups attached to an aromatic ring is 1. The minimum atomic E-state index is 0.253. The van der Waals surface area contributed by atoms with E-state index in [-0.39, 0.29) is 5.95 Å². The van der Waals surface area contributed by atoms with Crippen LogP contribution in [0.2, 0.25) is 0 Å². The Morgan fingerprint density at radius 2 is 2.05 bits per heavy atom. The van der Waals surface area contributed by atoms with Crippen molar-refractivity contribution in [2.45, 2.75) is 0 Å². The van der Waals surface area contributed by atoms with Gasteiger partial charge < -0.3 is 5.73 Å². The van der Waals surface area contributed by atoms with Gasteiger partial charge in [-0.05, 0) is 24.3 Å². The van der Waals surface area contributed by atoms with Crippen LogP contribution >= 0.6 is 0 Å². The number of pyridine rings is 1. The molecule has 0 unspecified atom stereocenters. The third-order valence-corrected chi connectivity index (χ3v) is 3.49. The van der Waals surface area contributed by atoms with E-state index in [0.29, 0.717) is 0 Å². The molecule has 0 radical (unpaired) electrons. The fourth-order valence-corrected chi connectivity index (χ4v) is 2.47. The first-order valence-electron chi connectivity index (χ1n) is 6.46. The second-order valence-electron chi connectivity index (χ2n) is 4.71. The predicted molar refractivity (Wildman–Crippen MR) is 81.7 cm³/mol. The van der Waals surface area contributed by atoms with Crippen molar-refractivity contribution in [1.82, 2.24) is 24.0 Å². The van der Waals surface area contributed by atoms with Gasteiger partial charge in [0.2, 0.25) is 5.95 Å². The molecule has 6 nitrogen and oxygen atoms in total. The number of nitrogens with zero attached hydrogens (tertiary/aromatic N) is 5. The highest BCUT2D eigenvalue weighted by Crippen LogP contribution is 2.26. The SMILES string of the molecule is C=Cc1cnc2ccc(-c3ccn4nc(N)ncc34)cn12. The Hall–Kier alpha value is -3.15. The minimum absolute atomic E-state index is 0.253. The van der Waals surface area contributed by atoms with Crippen LogP contribution in [-0.2, 0) is 0 Å². The van der Waals surface area contributed by atoms with E-state index in [1.54, 1.807) is 23.0 Å². The number of hydrogen-bond acceptors (Lipinski definition) is 4. The molecule has 2 N–H and O–H groups in total. The van der Waals surface area contributed by atoms with E-state index in [2.05, 4.69) is 21.6 Å². The van der Waals surface area contributed by atoms with Gasteiger partial charge >= 0.3 is 0 Å². The van der Waals surface area contributed by atoms with E-state index >= 15 is 0 Å². The molecule has 0 saturated heterocycles. The van der Waals surface area contributed by atoms with Crippen molar-refractivity contribution in [3.63, 3.8) is 0 Å². The Balaban J connectivity index is 1.97. The summed E-state index contributed by atoms with van der Waals surface area (Å²) in [6.45, 7) is 3.81. The van der Waals surface area contributed by atoms with Gasteiger partial charge in [0.25, 0.3) is 0 Å². The number of fused-ring (bicyclic) bond motifs is 2. The highest BCUT2D eigenvalue weighted by Gasteiger charge is 2.09. The van der Waals surface area contributed by atoms with Gasteiger partial charge in [0.1, 0.15) is 5.65 Å². The average Bonchev–Trinajstić information content (AvgIpc) is 3.09. The highest BCUT2D eigenvalue weighted by atomic mass is 15.3. The molecule has 6 heteroatoms. The fourth-order valence-electron chi connectivity index (χ4n) is 2.47. The Labute approximate surface area is 120 Å². The van der Waals surface area contributed by atoms with Crippen molar-refractivity contribution in [2.24, 2.45) is 0 Å². The number of rotatable bonds is 2. The van der Waals surface area contributed by atoms with Crippen LogP contribution in [0, 0.1) is 0 Å². The van der Waals surface area contributed by atoms with E-state index < -0.39 is 0 Å². The third-order valence-electron chi connectivity index (χ3n) is 3.49. The minimum Gasteiger partial charge on any atom is -0.367 e. The molecular formula is C15H12N6. The Morgan fingerprint density at radius 3 is 2.90 bits per heavy atom. The molecule has 102 valence electrons. The third kappa shape index (κ3) is 1.69. The average molecular weight is 276 g/mol. The topological polar surface area (TPSA) is 73.5 Å². The van der Waals surface area contributed by atoms with Gasteiger partial charge in [0.15, 0.2) is 0 Å². The molecule has 0 amide bonds. The van der Waals surface area contributed by atoms with E-state index in [1.165, 1.54) is 0 Å². The van der Waals surface area contributed by atoms with Gasteiger partial charge in [-0.1, -0.05) is 6.58 Å². The monoisotopic (exact) mass is 276 g/mol. The lowest BCUT2D eigenvalue weighted by molar-refractivity contribution is 0.918. The van der Waals surface area contributed by atoms with Crippen LogP contribution in [0.3, 0.4) is 0 Å². The number of aromatic nitrogens is 5. The van der Waals surface area contributed by atoms with E-state index in [1.807, 2.05) is 35.0 Å². The van der Waals surface area contributed by atoms with Gasteiger partial charge in [-0.3, -0.25) is 4.40 Å². The van der Waals surface area contributed by atoms with Crippen LogP contribution in [-0.4, -0.2) is 24.0 Å². The fraction of sp³-hybridized carbons (Fsp3) is 0. The molecular weight excluding hydrogens is 264 g/mol. The lowest BCUT2D eigenvalue weighted by Gasteiger charge is -2.03. The van der Waals surface area contributed by atoms with Crippen molar-refractivity contribution in [2.75, 3.05) is 5.73 Å². The number of hydrogen-bond donors (Lipinski definition) is 1. The van der Waals surface area contributed by atoms with Crippen LogP contribution in [0.25, 0.3) is 28.4 Å². The van der Waals surface area contributed by atoms with Gasteiger partial charge in [-0.25, -0.2) is 14.5 Å². The maximum atomic E-state index is 5.60. The quantitative estimate of drug-likeness (QED) is 0.609. The zero-order chi connectivity index (χ0) is 14.4. The summed E-state index contributed by atoms with van der Waals surface area (Å²) in [4.78, 5) is 8.39. The summed E-state index contributed by atoms with van der Waals surface area (Å²) in [6, 6.07) is 6.00. The molecule has 0 aromatic carbocycles. The molecule has 0 aliphatic carbocycles. The smallest absolute Gasteiger partial charge is 0.238 e. The van der Waals surface area contributed by atoms with Crippen LogP contribution in [0.15, 0.2) is 49.6 Å². The van der Waals surface area contributed by atoms with Gasteiger partial charge in [-0.2, -0.15) is 0 Å². The molecule has 0 saturated carbocycles. The number of anilines is 1. The molecule has 0 aliphatic rings. The number of nitrogens with two attached hydrogens (primary N) is 1. The van der Waals surface area contributed by atoms with Crippen molar-refractivity contribution in [3.8, 4) is 11.1 Å². The van der Waals surface area contributed by atoms with Crippen LogP contribution in [0.5, 0.6) is 0 Å². The second-order valence-corrected chi connectivity index (χ2v) is 4.71. The maximum absolute atomic E-state index is 5.60. The van der Waals surface area contributed by atoms with Gasteiger partial charge in [0, 0.05) is 23.5 Å². The Morgan fingerprint density at radius 1 is 1.14 bits per heavy atom. The van der Waals surface area contributed by atoms with Crippen LogP contribution < -0.4 is 5.73 Å². The van der Waals surface area contributed by atoms with Crippen LogP contribution in [0.4, 0.5) is 5.95 Å². The molecule has 4 aromatic heterocycles. The molecule has 4 aromatic rings. The lowest BCUT2D eigenvalue weighted by atomic mass is 10.1. The van der Waals surface area contributed by atoms with E-state index in [0.717, 1.165) is 28.0 Å². The summed E-state index contributed by atoms with van der Waals surface area (Å²) in [5, 5.41) is 4.16. The summed E-state index contributed by atoms with van der Waals surface area (Å²) >= 11 is 0. The summed E-state index contributed by atoms with van der Waals surface area (Å²) in [5.74, 6) is 0.253. The van der Waals surface area contributed by atoms with Gasteiger partial charge in [0.05, 0.1) is 23.6 Å². The predicted octanol–water partition coefficient (Wildman–Crippen LogP) is 2.27. The summed E-state index contributed by atoms with van der Waals surface area (Å²) < 4.78 is 3.73. The van der Waals surface area contributed by atoms with Crippen molar-refractivity contribution in [1.29, 1.82) is 0 Å². The highest BCUT2D eigenvalue weighted by molar-refractivity contribution is 5.80. The lowest BCUT2D eigenvalue weighted by Crippen LogP contribution is -1.99. The normalized spacial score (nSPS) is 11.2. The largest absolute Gasteiger partial charge is 0.367 e. The first-order valence-corrected chi connectivity index (χ1v) is 6.46. The number of imidazole rings is 1. The Kier molecular flexibility index (Phi) is 2.32. The van der Waals surface area contributed by atoms with Crippen LogP contribution in [0.1, 0.15) is 5.69 Å². The molecule has 0 spiro atoms. The van der Waals surface area contributed by atoms with Crippen molar-refractivity contribution in [3.05, 3.63) is 55.3 Å². The van der Waals surface area contributed by atoms with Crippen molar-refractivity contribution < 1.29 is 0 Å². The second kappa shape index (κ2) is 4.17. The Bertz CT molecular complexity index is 978. The molecule has 0 fully saturated rings. The molecule has 0 aliphatic heterocycles. The molecule has 0 bridgehead atoms. The van der Waals surface area contributed by atoms with Crippen molar-refractivity contribution >= 4 is 23.2 Å². The molecule has 4 rings (SSSR count). The summed E-state index contributed by atoms with van der Waals surface area (Å²) in [6.07, 6.45) is 9.21. The molecule has 0 atom stereocenters. The first kappa shape index (κ1) is 11.7. The maximum Gasteiger partial charge on any atom is 0.238 e. The first-order chi connectivity index (χ1) is 10.3. The van der Waals surface area contributed by atoms with Gasteiger partial charge in [-0.15, -0.1) is 5.10 Å². The zero-order valence-electron chi connectivity index (χ0n) is 11.1.